The zero-order valence-electron chi connectivity index (χ0n) is 18.5. The SMILES string of the molecule is CCOc1cc(C=C(C#N)C(=O)Nc2cccc(C(=O)O)c2)cc(Cl)c1OCc1ccc(F)cc1. The van der Waals surface area contributed by atoms with Crippen LogP contribution in [0.3, 0.4) is 0 Å². The molecule has 0 saturated heterocycles. The zero-order valence-corrected chi connectivity index (χ0v) is 19.3. The molecule has 0 aliphatic heterocycles. The number of anilines is 1. The Bertz CT molecular complexity index is 1320. The summed E-state index contributed by atoms with van der Waals surface area (Å²) in [6.45, 7) is 2.21. The van der Waals surface area contributed by atoms with Crippen molar-refractivity contribution in [3.8, 4) is 17.6 Å². The zero-order chi connectivity index (χ0) is 25.4. The second-order valence-corrected chi connectivity index (χ2v) is 7.60. The highest BCUT2D eigenvalue weighted by Crippen LogP contribution is 2.38. The number of nitrogens with zero attached hydrogens (tertiary/aromatic N) is 1. The number of amides is 1. The molecule has 0 aromatic heterocycles. The normalized spacial score (nSPS) is 10.9. The van der Waals surface area contributed by atoms with Gasteiger partial charge in [0, 0.05) is 5.69 Å². The molecule has 9 heteroatoms. The smallest absolute Gasteiger partial charge is 0.335 e. The summed E-state index contributed by atoms with van der Waals surface area (Å²) in [7, 11) is 0. The van der Waals surface area contributed by atoms with Crippen LogP contribution < -0.4 is 14.8 Å². The molecule has 0 radical (unpaired) electrons. The van der Waals surface area contributed by atoms with Crippen molar-refractivity contribution in [1.82, 2.24) is 0 Å². The minimum absolute atomic E-state index is 0.00495. The molecule has 178 valence electrons. The van der Waals surface area contributed by atoms with Crippen LogP contribution in [0, 0.1) is 17.1 Å². The maximum absolute atomic E-state index is 13.1. The third kappa shape index (κ3) is 6.82. The number of nitrogens with one attached hydrogen (secondary N) is 1. The first-order valence-corrected chi connectivity index (χ1v) is 10.8. The highest BCUT2D eigenvalue weighted by Gasteiger charge is 2.15. The fraction of sp³-hybridized carbons (Fsp3) is 0.115. The molecular formula is C26H20ClFN2O5. The van der Waals surface area contributed by atoms with Crippen molar-refractivity contribution in [2.45, 2.75) is 13.5 Å². The number of halogens is 2. The Labute approximate surface area is 206 Å². The highest BCUT2D eigenvalue weighted by atomic mass is 35.5. The van der Waals surface area contributed by atoms with Crippen molar-refractivity contribution in [3.63, 3.8) is 0 Å². The molecule has 0 aliphatic carbocycles. The summed E-state index contributed by atoms with van der Waals surface area (Å²) in [6, 6.07) is 16.4. The van der Waals surface area contributed by atoms with E-state index in [4.69, 9.17) is 26.2 Å². The average Bonchev–Trinajstić information content (AvgIpc) is 2.83. The van der Waals surface area contributed by atoms with Crippen LogP contribution in [-0.2, 0) is 11.4 Å². The van der Waals surface area contributed by atoms with Gasteiger partial charge in [0.2, 0.25) is 0 Å². The molecule has 0 atom stereocenters. The number of ether oxygens (including phenoxy) is 2. The predicted octanol–water partition coefficient (Wildman–Crippen LogP) is 5.70. The van der Waals surface area contributed by atoms with E-state index in [1.807, 2.05) is 6.07 Å². The Morgan fingerprint density at radius 1 is 1.14 bits per heavy atom. The second-order valence-electron chi connectivity index (χ2n) is 7.19. The summed E-state index contributed by atoms with van der Waals surface area (Å²) in [4.78, 5) is 23.7. The molecule has 0 unspecified atom stereocenters. The molecule has 3 aromatic carbocycles. The molecule has 0 heterocycles. The van der Waals surface area contributed by atoms with Gasteiger partial charge in [0.25, 0.3) is 5.91 Å². The van der Waals surface area contributed by atoms with Gasteiger partial charge in [0.05, 0.1) is 17.2 Å². The van der Waals surface area contributed by atoms with Crippen LogP contribution in [0.15, 0.2) is 66.2 Å². The Kier molecular flexibility index (Phi) is 8.43. The van der Waals surface area contributed by atoms with Gasteiger partial charge in [-0.15, -0.1) is 0 Å². The molecule has 1 amide bonds. The van der Waals surface area contributed by atoms with E-state index < -0.39 is 11.9 Å². The van der Waals surface area contributed by atoms with E-state index in [1.54, 1.807) is 25.1 Å². The van der Waals surface area contributed by atoms with Gasteiger partial charge in [0.1, 0.15) is 24.1 Å². The van der Waals surface area contributed by atoms with E-state index in [1.165, 1.54) is 48.5 Å². The van der Waals surface area contributed by atoms with E-state index in [9.17, 15) is 19.2 Å². The third-order valence-corrected chi connectivity index (χ3v) is 4.95. The summed E-state index contributed by atoms with van der Waals surface area (Å²) < 4.78 is 24.6. The van der Waals surface area contributed by atoms with Gasteiger partial charge in [0.15, 0.2) is 11.5 Å². The fourth-order valence-corrected chi connectivity index (χ4v) is 3.33. The maximum Gasteiger partial charge on any atom is 0.335 e. The number of carboxylic acids is 1. The second kappa shape index (κ2) is 11.7. The van der Waals surface area contributed by atoms with Gasteiger partial charge in [-0.25, -0.2) is 9.18 Å². The average molecular weight is 495 g/mol. The predicted molar refractivity (Wildman–Crippen MR) is 129 cm³/mol. The minimum Gasteiger partial charge on any atom is -0.490 e. The Hall–Kier alpha value is -4.35. The van der Waals surface area contributed by atoms with E-state index in [0.29, 0.717) is 17.9 Å². The first-order chi connectivity index (χ1) is 16.8. The number of benzene rings is 3. The molecule has 2 N–H and O–H groups in total. The van der Waals surface area contributed by atoms with E-state index in [2.05, 4.69) is 5.32 Å². The van der Waals surface area contributed by atoms with Crippen LogP contribution in [-0.4, -0.2) is 23.6 Å². The van der Waals surface area contributed by atoms with Crippen molar-refractivity contribution in [2.75, 3.05) is 11.9 Å². The van der Waals surface area contributed by atoms with Crippen LogP contribution in [0.5, 0.6) is 11.5 Å². The van der Waals surface area contributed by atoms with Crippen molar-refractivity contribution < 1.29 is 28.6 Å². The number of carbonyl (C=O) groups excluding carboxylic acids is 1. The molecule has 0 spiro atoms. The lowest BCUT2D eigenvalue weighted by atomic mass is 10.1. The van der Waals surface area contributed by atoms with Crippen LogP contribution in [0.4, 0.5) is 10.1 Å². The highest BCUT2D eigenvalue weighted by molar-refractivity contribution is 6.32. The van der Waals surface area contributed by atoms with Crippen LogP contribution in [0.1, 0.15) is 28.4 Å². The van der Waals surface area contributed by atoms with Crippen LogP contribution in [0.25, 0.3) is 6.08 Å². The van der Waals surface area contributed by atoms with E-state index >= 15 is 0 Å². The van der Waals surface area contributed by atoms with Gasteiger partial charge in [-0.1, -0.05) is 29.8 Å². The van der Waals surface area contributed by atoms with Crippen molar-refractivity contribution in [2.24, 2.45) is 0 Å². The standard InChI is InChI=1S/C26H20ClFN2O5/c1-2-34-23-12-17(11-22(27)24(23)35-15-16-6-8-20(28)9-7-16)10-19(14-29)25(31)30-21-5-3-4-18(13-21)26(32)33/h3-13H,2,15H2,1H3,(H,30,31)(H,32,33). The monoisotopic (exact) mass is 494 g/mol. The first kappa shape index (κ1) is 25.3. The molecule has 35 heavy (non-hydrogen) atoms. The van der Waals surface area contributed by atoms with Gasteiger partial charge in [-0.2, -0.15) is 5.26 Å². The third-order valence-electron chi connectivity index (χ3n) is 4.67. The number of rotatable bonds is 9. The summed E-state index contributed by atoms with van der Waals surface area (Å²) in [5, 5.41) is 21.3. The molecule has 3 aromatic rings. The molecule has 0 saturated carbocycles. The lowest BCUT2D eigenvalue weighted by Gasteiger charge is -2.15. The van der Waals surface area contributed by atoms with Crippen molar-refractivity contribution in [3.05, 3.63) is 93.8 Å². The van der Waals surface area contributed by atoms with Gasteiger partial charge >= 0.3 is 5.97 Å². The van der Waals surface area contributed by atoms with Gasteiger partial charge in [-0.05, 0) is 66.6 Å². The quantitative estimate of drug-likeness (QED) is 0.292. The van der Waals surface area contributed by atoms with Crippen molar-refractivity contribution in [1.29, 1.82) is 5.26 Å². The number of carbonyl (C=O) groups is 2. The molecule has 0 fully saturated rings. The lowest BCUT2D eigenvalue weighted by Crippen LogP contribution is -2.14. The van der Waals surface area contributed by atoms with Crippen LogP contribution >= 0.6 is 11.6 Å². The van der Waals surface area contributed by atoms with E-state index in [0.717, 1.165) is 5.56 Å². The number of nitriles is 1. The topological polar surface area (TPSA) is 109 Å². The number of hydrogen-bond acceptors (Lipinski definition) is 5. The minimum atomic E-state index is -1.14. The number of carboxylic acid groups (broad SMARTS) is 1. The molecule has 3 rings (SSSR count). The summed E-state index contributed by atoms with van der Waals surface area (Å²) >= 11 is 6.41. The summed E-state index contributed by atoms with van der Waals surface area (Å²) in [5.74, 6) is -1.65. The lowest BCUT2D eigenvalue weighted by molar-refractivity contribution is -0.112. The van der Waals surface area contributed by atoms with Crippen LogP contribution in [0.2, 0.25) is 5.02 Å². The Morgan fingerprint density at radius 2 is 1.89 bits per heavy atom. The Morgan fingerprint density at radius 3 is 2.54 bits per heavy atom. The van der Waals surface area contributed by atoms with E-state index in [-0.39, 0.29) is 40.0 Å². The van der Waals surface area contributed by atoms with Gasteiger partial charge < -0.3 is 19.9 Å². The number of aromatic carboxylic acids is 1. The maximum atomic E-state index is 13.1. The Balaban J connectivity index is 1.84. The molecule has 0 bridgehead atoms. The molecule has 0 aliphatic rings. The largest absolute Gasteiger partial charge is 0.490 e. The summed E-state index contributed by atoms with van der Waals surface area (Å²) in [6.07, 6.45) is 1.33. The number of hydrogen-bond donors (Lipinski definition) is 2. The first-order valence-electron chi connectivity index (χ1n) is 10.4. The molecular weight excluding hydrogens is 475 g/mol. The summed E-state index contributed by atoms with van der Waals surface area (Å²) in [5.41, 5.74) is 1.13. The molecule has 7 nitrogen and oxygen atoms in total. The van der Waals surface area contributed by atoms with Crippen molar-refractivity contribution >= 4 is 35.2 Å². The fourth-order valence-electron chi connectivity index (χ4n) is 3.05. The van der Waals surface area contributed by atoms with Gasteiger partial charge in [-0.3, -0.25) is 4.79 Å².